The third-order valence-electron chi connectivity index (χ3n) is 4.37. The van der Waals surface area contributed by atoms with Crippen LogP contribution < -0.4 is 21.3 Å². The Labute approximate surface area is 159 Å². The molecular formula is C19H18N6O3. The van der Waals surface area contributed by atoms with E-state index in [1.165, 1.54) is 18.1 Å². The Balaban J connectivity index is 1.47. The fourth-order valence-corrected chi connectivity index (χ4v) is 2.90. The van der Waals surface area contributed by atoms with Crippen LogP contribution >= 0.6 is 0 Å². The second-order valence-electron chi connectivity index (χ2n) is 6.12. The summed E-state index contributed by atoms with van der Waals surface area (Å²) in [5.74, 6) is 1.48. The fourth-order valence-electron chi connectivity index (χ4n) is 2.90. The number of imidazole rings is 1. The van der Waals surface area contributed by atoms with E-state index in [-0.39, 0.29) is 11.2 Å². The summed E-state index contributed by atoms with van der Waals surface area (Å²) in [7, 11) is 1.64. The molecule has 0 atom stereocenters. The Morgan fingerprint density at radius 2 is 1.93 bits per heavy atom. The molecule has 9 nitrogen and oxygen atoms in total. The van der Waals surface area contributed by atoms with E-state index in [0.29, 0.717) is 18.1 Å². The fraction of sp³-hybridized carbons (Fsp3) is 0.158. The summed E-state index contributed by atoms with van der Waals surface area (Å²) in [5, 5.41) is 3.22. The Kier molecular flexibility index (Phi) is 4.63. The van der Waals surface area contributed by atoms with Gasteiger partial charge in [-0.3, -0.25) is 9.78 Å². The lowest BCUT2D eigenvalue weighted by Gasteiger charge is -2.08. The third-order valence-corrected chi connectivity index (χ3v) is 4.37. The Hall–Kier alpha value is -3.88. The van der Waals surface area contributed by atoms with Gasteiger partial charge in [-0.05, 0) is 36.2 Å². The van der Waals surface area contributed by atoms with Crippen molar-refractivity contribution in [3.05, 3.63) is 75.3 Å². The topological polar surface area (TPSA) is 118 Å². The first kappa shape index (κ1) is 17.5. The van der Waals surface area contributed by atoms with Gasteiger partial charge >= 0.3 is 5.69 Å². The number of rotatable bonds is 6. The van der Waals surface area contributed by atoms with Crippen molar-refractivity contribution in [1.29, 1.82) is 0 Å². The van der Waals surface area contributed by atoms with Gasteiger partial charge in [-0.2, -0.15) is 0 Å². The number of H-pyrrole nitrogens is 2. The molecule has 0 fully saturated rings. The van der Waals surface area contributed by atoms with Crippen LogP contribution in [0.3, 0.4) is 0 Å². The van der Waals surface area contributed by atoms with E-state index in [2.05, 4.69) is 25.3 Å². The molecule has 4 rings (SSSR count). The molecule has 0 saturated heterocycles. The van der Waals surface area contributed by atoms with Crippen molar-refractivity contribution < 1.29 is 4.74 Å². The summed E-state index contributed by atoms with van der Waals surface area (Å²) in [6.45, 7) is 0.694. The number of ether oxygens (including phenoxy) is 1. The molecule has 3 N–H and O–H groups in total. The number of nitrogens with one attached hydrogen (secondary N) is 3. The lowest BCUT2D eigenvalue weighted by molar-refractivity contribution is 0.414. The maximum Gasteiger partial charge on any atom is 0.334 e. The van der Waals surface area contributed by atoms with Crippen LogP contribution in [0.1, 0.15) is 5.56 Å². The van der Waals surface area contributed by atoms with Crippen LogP contribution in [0.25, 0.3) is 16.9 Å². The van der Waals surface area contributed by atoms with Crippen molar-refractivity contribution >= 4 is 17.0 Å². The van der Waals surface area contributed by atoms with Crippen molar-refractivity contribution in [3.8, 4) is 11.4 Å². The summed E-state index contributed by atoms with van der Waals surface area (Å²) in [5.41, 5.74) is 0.988. The molecule has 0 bridgehead atoms. The lowest BCUT2D eigenvalue weighted by atomic mass is 10.1. The zero-order chi connectivity index (χ0) is 19.5. The molecule has 0 spiro atoms. The zero-order valence-corrected chi connectivity index (χ0v) is 15.1. The van der Waals surface area contributed by atoms with Gasteiger partial charge in [-0.25, -0.2) is 19.3 Å². The summed E-state index contributed by atoms with van der Waals surface area (Å²) in [6, 6.07) is 11.3. The Bertz CT molecular complexity index is 1210. The van der Waals surface area contributed by atoms with Crippen LogP contribution in [0.15, 0.2) is 58.5 Å². The van der Waals surface area contributed by atoms with E-state index >= 15 is 0 Å². The molecular weight excluding hydrogens is 360 g/mol. The normalized spacial score (nSPS) is 10.9. The summed E-state index contributed by atoms with van der Waals surface area (Å²) in [4.78, 5) is 38.2. The number of fused-ring (bicyclic) bond motifs is 1. The van der Waals surface area contributed by atoms with Crippen LogP contribution in [-0.4, -0.2) is 38.2 Å². The van der Waals surface area contributed by atoms with Crippen molar-refractivity contribution in [1.82, 2.24) is 24.5 Å². The molecule has 0 radical (unpaired) electrons. The van der Waals surface area contributed by atoms with Gasteiger partial charge in [0.2, 0.25) is 0 Å². The second kappa shape index (κ2) is 7.39. The van der Waals surface area contributed by atoms with Gasteiger partial charge in [0, 0.05) is 6.54 Å². The Morgan fingerprint density at radius 1 is 1.11 bits per heavy atom. The molecule has 0 saturated carbocycles. The standard InChI is InChI=1S/C19H18N6O3/c1-28-14-5-2-12(3-6-14)8-9-20-15-7-4-13(10-21-15)25-18(26)16-17(23-11-22-16)24-19(25)27/h2-7,10-11H,8-9H2,1H3,(H,20,21)(H,22,23)(H,24,27). The van der Waals surface area contributed by atoms with E-state index in [0.717, 1.165) is 16.7 Å². The third kappa shape index (κ3) is 3.37. The summed E-state index contributed by atoms with van der Waals surface area (Å²) < 4.78 is 6.17. The minimum absolute atomic E-state index is 0.232. The molecule has 0 unspecified atom stereocenters. The number of pyridine rings is 1. The first-order chi connectivity index (χ1) is 13.7. The maximum atomic E-state index is 12.5. The highest BCUT2D eigenvalue weighted by atomic mass is 16.5. The number of hydrogen-bond donors (Lipinski definition) is 3. The highest BCUT2D eigenvalue weighted by Crippen LogP contribution is 2.12. The molecule has 3 heterocycles. The van der Waals surface area contributed by atoms with Gasteiger partial charge in [0.25, 0.3) is 5.56 Å². The van der Waals surface area contributed by atoms with Crippen LogP contribution in [0, 0.1) is 0 Å². The summed E-state index contributed by atoms with van der Waals surface area (Å²) in [6.07, 6.45) is 3.66. The highest BCUT2D eigenvalue weighted by molar-refractivity contribution is 5.68. The van der Waals surface area contributed by atoms with Crippen LogP contribution in [0.5, 0.6) is 5.75 Å². The molecule has 142 valence electrons. The van der Waals surface area contributed by atoms with E-state index in [9.17, 15) is 9.59 Å². The highest BCUT2D eigenvalue weighted by Gasteiger charge is 2.11. The number of anilines is 1. The summed E-state index contributed by atoms with van der Waals surface area (Å²) >= 11 is 0. The Morgan fingerprint density at radius 3 is 2.64 bits per heavy atom. The SMILES string of the molecule is COc1ccc(CCNc2ccc(-n3c(=O)[nH]c4nc[nH]c4c3=O)cn2)cc1. The first-order valence-corrected chi connectivity index (χ1v) is 8.67. The maximum absolute atomic E-state index is 12.5. The van der Waals surface area contributed by atoms with Crippen LogP contribution in [0.4, 0.5) is 5.82 Å². The predicted octanol–water partition coefficient (Wildman–Crippen LogP) is 1.46. The number of aromatic nitrogens is 5. The molecule has 1 aromatic carbocycles. The van der Waals surface area contributed by atoms with Gasteiger partial charge in [0.1, 0.15) is 17.1 Å². The predicted molar refractivity (Wildman–Crippen MR) is 105 cm³/mol. The monoisotopic (exact) mass is 378 g/mol. The number of benzene rings is 1. The van der Waals surface area contributed by atoms with Crippen molar-refractivity contribution in [3.63, 3.8) is 0 Å². The van der Waals surface area contributed by atoms with Crippen molar-refractivity contribution in [2.45, 2.75) is 6.42 Å². The van der Waals surface area contributed by atoms with Crippen LogP contribution in [-0.2, 0) is 6.42 Å². The smallest absolute Gasteiger partial charge is 0.334 e. The van der Waals surface area contributed by atoms with E-state index < -0.39 is 11.2 Å². The molecule has 0 amide bonds. The average molecular weight is 378 g/mol. The minimum atomic E-state index is -0.563. The molecule has 9 heteroatoms. The van der Waals surface area contributed by atoms with E-state index in [1.54, 1.807) is 19.2 Å². The lowest BCUT2D eigenvalue weighted by Crippen LogP contribution is -2.33. The quantitative estimate of drug-likeness (QED) is 0.468. The van der Waals surface area contributed by atoms with E-state index in [4.69, 9.17) is 4.74 Å². The zero-order valence-electron chi connectivity index (χ0n) is 15.1. The molecule has 0 aliphatic heterocycles. The first-order valence-electron chi connectivity index (χ1n) is 8.67. The van der Waals surface area contributed by atoms with Gasteiger partial charge in [0.05, 0.1) is 25.3 Å². The number of methoxy groups -OCH3 is 1. The minimum Gasteiger partial charge on any atom is -0.497 e. The largest absolute Gasteiger partial charge is 0.497 e. The molecule has 0 aliphatic rings. The van der Waals surface area contributed by atoms with Crippen molar-refractivity contribution in [2.24, 2.45) is 0 Å². The molecule has 3 aromatic heterocycles. The van der Waals surface area contributed by atoms with Crippen molar-refractivity contribution in [2.75, 3.05) is 19.0 Å². The molecule has 28 heavy (non-hydrogen) atoms. The molecule has 4 aromatic rings. The number of hydrogen-bond acceptors (Lipinski definition) is 6. The average Bonchev–Trinajstić information content (AvgIpc) is 3.18. The van der Waals surface area contributed by atoms with Gasteiger partial charge < -0.3 is 15.0 Å². The van der Waals surface area contributed by atoms with Gasteiger partial charge in [-0.15, -0.1) is 0 Å². The number of nitrogens with zero attached hydrogens (tertiary/aromatic N) is 3. The van der Waals surface area contributed by atoms with Gasteiger partial charge in [-0.1, -0.05) is 12.1 Å². The van der Waals surface area contributed by atoms with Gasteiger partial charge in [0.15, 0.2) is 5.65 Å². The number of aromatic amines is 2. The van der Waals surface area contributed by atoms with E-state index in [1.807, 2.05) is 24.3 Å². The molecule has 0 aliphatic carbocycles. The van der Waals surface area contributed by atoms with Crippen LogP contribution in [0.2, 0.25) is 0 Å². The second-order valence-corrected chi connectivity index (χ2v) is 6.12.